The van der Waals surface area contributed by atoms with Gasteiger partial charge in [0.25, 0.3) is 0 Å². The average Bonchev–Trinajstić information content (AvgIpc) is 3.10. The molecule has 0 saturated heterocycles. The molecule has 1 aromatic rings. The summed E-state index contributed by atoms with van der Waals surface area (Å²) in [4.78, 5) is 37.3. The first-order valence-electron chi connectivity index (χ1n) is 12.2. The quantitative estimate of drug-likeness (QED) is 0.252. The number of carbonyl (C=O) groups excluding carboxylic acids is 2. The molecule has 0 aromatic heterocycles. The summed E-state index contributed by atoms with van der Waals surface area (Å²) in [6, 6.07) is 6.87. The number of aliphatic carboxylic acids is 1. The molecule has 35 heavy (non-hydrogen) atoms. The minimum absolute atomic E-state index is 0.0623. The van der Waals surface area contributed by atoms with Gasteiger partial charge in [0.1, 0.15) is 6.17 Å². The fourth-order valence-corrected chi connectivity index (χ4v) is 8.91. The second-order valence-electron chi connectivity index (χ2n) is 11.2. The van der Waals surface area contributed by atoms with Gasteiger partial charge in [0.05, 0.1) is 10.4 Å². The molecule has 1 N–H and O–H groups in total. The van der Waals surface area contributed by atoms with E-state index in [-0.39, 0.29) is 30.5 Å². The molecule has 2 unspecified atom stereocenters. The van der Waals surface area contributed by atoms with Crippen LogP contribution in [0.4, 0.5) is 4.39 Å². The van der Waals surface area contributed by atoms with Crippen molar-refractivity contribution < 1.29 is 28.6 Å². The Hall–Kier alpha value is -1.48. The van der Waals surface area contributed by atoms with Crippen molar-refractivity contribution in [1.29, 1.82) is 0 Å². The molecule has 1 aromatic carbocycles. The summed E-state index contributed by atoms with van der Waals surface area (Å²) < 4.78 is 22.4. The van der Waals surface area contributed by atoms with Crippen LogP contribution in [0, 0.1) is 26.2 Å². The molecule has 0 aliphatic heterocycles. The van der Waals surface area contributed by atoms with Gasteiger partial charge in [0.15, 0.2) is 5.78 Å². The number of allylic oxidation sites excluding steroid dienone is 1. The van der Waals surface area contributed by atoms with Gasteiger partial charge in [-0.25, -0.2) is 14.0 Å². The lowest BCUT2D eigenvalue weighted by Gasteiger charge is -2.63. The van der Waals surface area contributed by atoms with Crippen molar-refractivity contribution in [1.82, 2.24) is 0 Å². The van der Waals surface area contributed by atoms with E-state index in [9.17, 15) is 19.5 Å². The number of hydrogen-bond acceptors (Lipinski definition) is 4. The van der Waals surface area contributed by atoms with Gasteiger partial charge in [-0.1, -0.05) is 19.9 Å². The summed E-state index contributed by atoms with van der Waals surface area (Å²) >= 11 is 9.54. The van der Waals surface area contributed by atoms with E-state index < -0.39 is 39.4 Å². The largest absolute Gasteiger partial charge is 0.478 e. The van der Waals surface area contributed by atoms with Crippen LogP contribution in [0.3, 0.4) is 0 Å². The van der Waals surface area contributed by atoms with Gasteiger partial charge in [0.2, 0.25) is 5.60 Å². The Balaban J connectivity index is 1.53. The van der Waals surface area contributed by atoms with Crippen LogP contribution in [0.5, 0.6) is 0 Å². The maximum absolute atomic E-state index is 15.6. The summed E-state index contributed by atoms with van der Waals surface area (Å²) in [6.45, 7) is 3.85. The number of carboxylic acids is 1. The number of fused-ring (bicyclic) bond motifs is 5. The van der Waals surface area contributed by atoms with Crippen LogP contribution >= 0.6 is 34.2 Å². The van der Waals surface area contributed by atoms with Gasteiger partial charge in [-0.15, -0.1) is 11.6 Å². The summed E-state index contributed by atoms with van der Waals surface area (Å²) in [5.41, 5.74) is -2.46. The molecule has 5 nitrogen and oxygen atoms in total. The molecule has 188 valence electrons. The van der Waals surface area contributed by atoms with E-state index in [4.69, 9.17) is 16.3 Å². The third-order valence-electron chi connectivity index (χ3n) is 9.84. The first kappa shape index (κ1) is 25.2. The molecule has 0 radical (unpaired) electrons. The Morgan fingerprint density at radius 2 is 1.91 bits per heavy atom. The molecule has 0 bridgehead atoms. The number of hydrogen-bond donors (Lipinski definition) is 1. The van der Waals surface area contributed by atoms with Crippen molar-refractivity contribution in [2.45, 2.75) is 75.4 Å². The molecule has 3 fully saturated rings. The topological polar surface area (TPSA) is 80.7 Å². The molecular weight excluding hydrogens is 586 g/mol. The minimum atomic E-state index is -1.71. The van der Waals surface area contributed by atoms with Crippen molar-refractivity contribution in [2.24, 2.45) is 22.7 Å². The van der Waals surface area contributed by atoms with Gasteiger partial charge >= 0.3 is 11.9 Å². The van der Waals surface area contributed by atoms with Crippen LogP contribution in [0.15, 0.2) is 35.9 Å². The van der Waals surface area contributed by atoms with Gasteiger partial charge in [-0.3, -0.25) is 4.79 Å². The zero-order valence-electron chi connectivity index (χ0n) is 19.8. The number of ether oxygens (including phenoxy) is 1. The van der Waals surface area contributed by atoms with Crippen LogP contribution in [0.2, 0.25) is 0 Å². The van der Waals surface area contributed by atoms with Crippen molar-refractivity contribution in [3.8, 4) is 0 Å². The Labute approximate surface area is 223 Å². The Morgan fingerprint density at radius 3 is 2.60 bits per heavy atom. The normalized spacial score (nSPS) is 42.4. The fraction of sp³-hybridized carbons (Fsp3) is 0.593. The molecule has 5 rings (SSSR count). The standard InChI is InChI=1S/C27H29ClFIO5/c1-24-8-6-17(31)13-20(24)21(29)14-19-18-7-9-27(23(33)34,25(18,2)10-11-26(19,24)28)35-22(32)15-4-3-5-16(30)12-15/h3-5,12-13,18-19,21H,6-11,14H2,1-2H3,(H,33,34)/t18-,19-,21?,24-,25-,26-,27?/m0/s1. The van der Waals surface area contributed by atoms with Crippen molar-refractivity contribution in [3.05, 3.63) is 45.0 Å². The van der Waals surface area contributed by atoms with E-state index in [0.717, 1.165) is 3.57 Å². The zero-order valence-corrected chi connectivity index (χ0v) is 22.7. The lowest BCUT2D eigenvalue weighted by atomic mass is 9.45. The number of benzene rings is 1. The highest BCUT2D eigenvalue weighted by molar-refractivity contribution is 14.1. The average molecular weight is 615 g/mol. The molecule has 4 aliphatic carbocycles. The van der Waals surface area contributed by atoms with Gasteiger partial charge in [-0.05, 0) is 103 Å². The number of halogens is 3. The van der Waals surface area contributed by atoms with E-state index in [1.807, 2.05) is 19.9 Å². The smallest absolute Gasteiger partial charge is 0.348 e. The highest BCUT2D eigenvalue weighted by Gasteiger charge is 2.73. The first-order valence-corrected chi connectivity index (χ1v) is 13.6. The Kier molecular flexibility index (Phi) is 5.95. The first-order chi connectivity index (χ1) is 16.4. The molecule has 0 spiro atoms. The molecular formula is C27H29ClFIO5. The van der Waals surface area contributed by atoms with Crippen LogP contribution in [0.25, 0.3) is 0 Å². The molecule has 3 saturated carbocycles. The Bertz CT molecular complexity index is 1150. The molecule has 4 aliphatic rings. The second-order valence-corrected chi connectivity index (χ2v) is 13.1. The highest BCUT2D eigenvalue weighted by Crippen LogP contribution is 2.71. The van der Waals surface area contributed by atoms with Crippen LogP contribution in [-0.4, -0.2) is 39.5 Å². The summed E-state index contributed by atoms with van der Waals surface area (Å²) in [5, 5.41) is 10.5. The molecule has 8 heteroatoms. The maximum Gasteiger partial charge on any atom is 0.348 e. The van der Waals surface area contributed by atoms with Crippen LogP contribution < -0.4 is 0 Å². The summed E-state index contributed by atoms with van der Waals surface area (Å²) in [6.07, 6.45) is 2.71. The zero-order chi connectivity index (χ0) is 25.4. The van der Waals surface area contributed by atoms with E-state index >= 15 is 4.39 Å². The number of esters is 1. The highest BCUT2D eigenvalue weighted by atomic mass is 127. The van der Waals surface area contributed by atoms with Gasteiger partial charge in [0, 0.05) is 20.8 Å². The number of alkyl halides is 2. The van der Waals surface area contributed by atoms with Gasteiger partial charge < -0.3 is 9.84 Å². The third kappa shape index (κ3) is 3.39. The van der Waals surface area contributed by atoms with Crippen molar-refractivity contribution in [2.75, 3.05) is 0 Å². The number of ketones is 1. The Morgan fingerprint density at radius 1 is 1.17 bits per heavy atom. The van der Waals surface area contributed by atoms with E-state index in [2.05, 4.69) is 22.6 Å². The van der Waals surface area contributed by atoms with E-state index in [1.54, 1.807) is 18.2 Å². The fourth-order valence-electron chi connectivity index (χ4n) is 7.83. The van der Waals surface area contributed by atoms with Crippen LogP contribution in [0.1, 0.15) is 69.2 Å². The van der Waals surface area contributed by atoms with Crippen molar-refractivity contribution in [3.63, 3.8) is 0 Å². The van der Waals surface area contributed by atoms with Gasteiger partial charge in [-0.2, -0.15) is 0 Å². The molecule has 0 heterocycles. The van der Waals surface area contributed by atoms with Crippen LogP contribution in [-0.2, 0) is 14.3 Å². The maximum atomic E-state index is 15.6. The second kappa shape index (κ2) is 8.27. The SMILES string of the molecule is C[C@]12CC[C@]3(Cl)[C@@H](CC(F)C4=CC(=O)CC[C@@]43C)[C@@H]1CCC2(OC(=O)c1cccc(I)c1)C(=O)O. The molecule has 0 amide bonds. The van der Waals surface area contributed by atoms with E-state index in [0.29, 0.717) is 43.2 Å². The predicted octanol–water partition coefficient (Wildman–Crippen LogP) is 6.11. The summed E-state index contributed by atoms with van der Waals surface area (Å²) in [7, 11) is 0. The third-order valence-corrected chi connectivity index (χ3v) is 11.4. The number of rotatable bonds is 3. The summed E-state index contributed by atoms with van der Waals surface area (Å²) in [5.74, 6) is -2.39. The molecule has 7 atom stereocenters. The predicted molar refractivity (Wildman–Crippen MR) is 137 cm³/mol. The number of carboxylic acid groups (broad SMARTS) is 1. The van der Waals surface area contributed by atoms with Crippen molar-refractivity contribution >= 4 is 51.9 Å². The lowest BCUT2D eigenvalue weighted by molar-refractivity contribution is -0.182. The van der Waals surface area contributed by atoms with E-state index in [1.165, 1.54) is 6.08 Å². The minimum Gasteiger partial charge on any atom is -0.478 e. The lowest BCUT2D eigenvalue weighted by Crippen LogP contribution is -2.65. The number of carbonyl (C=O) groups is 3. The monoisotopic (exact) mass is 614 g/mol.